The van der Waals surface area contributed by atoms with Crippen molar-refractivity contribution in [2.24, 2.45) is 12.5 Å². The zero-order valence-corrected chi connectivity index (χ0v) is 15.5. The van der Waals surface area contributed by atoms with E-state index in [0.717, 1.165) is 25.0 Å². The normalized spacial score (nSPS) is 19.6. The number of alkyl halides is 3. The molecule has 6 nitrogen and oxygen atoms in total. The molecule has 2 aliphatic carbocycles. The number of aromatic nitrogens is 3. The Balaban J connectivity index is 1.51. The number of carbonyl (C=O) groups excluding carboxylic acids is 1. The lowest BCUT2D eigenvalue weighted by Gasteiger charge is -2.54. The Morgan fingerprint density at radius 1 is 1.32 bits per heavy atom. The van der Waals surface area contributed by atoms with Crippen LogP contribution in [0, 0.1) is 5.41 Å². The van der Waals surface area contributed by atoms with E-state index in [4.69, 9.17) is 0 Å². The van der Waals surface area contributed by atoms with E-state index in [0.29, 0.717) is 16.7 Å². The third kappa shape index (κ3) is 3.57. The summed E-state index contributed by atoms with van der Waals surface area (Å²) in [6, 6.07) is 3.87. The van der Waals surface area contributed by atoms with Gasteiger partial charge >= 0.3 is 12.2 Å². The van der Waals surface area contributed by atoms with Crippen LogP contribution in [0.5, 0.6) is 0 Å². The summed E-state index contributed by atoms with van der Waals surface area (Å²) in [4.78, 5) is 12.5. The van der Waals surface area contributed by atoms with E-state index >= 15 is 0 Å². The lowest BCUT2D eigenvalue weighted by Crippen LogP contribution is -2.55. The van der Waals surface area contributed by atoms with Crippen LogP contribution in [-0.4, -0.2) is 27.1 Å². The van der Waals surface area contributed by atoms with Gasteiger partial charge in [0.25, 0.3) is 0 Å². The van der Waals surface area contributed by atoms with Gasteiger partial charge in [-0.1, -0.05) is 23.8 Å². The van der Waals surface area contributed by atoms with Crippen LogP contribution in [0.1, 0.15) is 55.0 Å². The Labute approximate surface area is 160 Å². The maximum absolute atomic E-state index is 13.1. The van der Waals surface area contributed by atoms with Crippen molar-refractivity contribution >= 4 is 6.03 Å². The predicted molar refractivity (Wildman–Crippen MR) is 95.3 cm³/mol. The highest BCUT2D eigenvalue weighted by Gasteiger charge is 2.48. The molecular formula is C19H22F3N5O. The fraction of sp³-hybridized carbons (Fsp3) is 0.526. The van der Waals surface area contributed by atoms with Gasteiger partial charge in [-0.25, -0.2) is 9.48 Å². The number of nitrogens with zero attached hydrogens (tertiary/aromatic N) is 3. The standard InChI is InChI=1S/C19H22F3N5O/c1-27-15(11-23-26-27)16(12-4-2-5-13(8-12)19(20,21)22)25-17(28)24-14-9-18(10-14)6-3-7-18/h2,4-5,8,11,14,16H,3,6-7,9-10H2,1H3,(H2,24,25,28). The summed E-state index contributed by atoms with van der Waals surface area (Å²) in [7, 11) is 1.63. The van der Waals surface area contributed by atoms with E-state index < -0.39 is 23.8 Å². The molecule has 1 atom stereocenters. The highest BCUT2D eigenvalue weighted by Crippen LogP contribution is 2.55. The number of halogens is 3. The molecule has 2 amide bonds. The predicted octanol–water partition coefficient (Wildman–Crippen LogP) is 3.56. The van der Waals surface area contributed by atoms with Crippen molar-refractivity contribution in [3.8, 4) is 0 Å². The number of carbonyl (C=O) groups is 1. The molecule has 150 valence electrons. The first-order valence-corrected chi connectivity index (χ1v) is 9.35. The fourth-order valence-electron chi connectivity index (χ4n) is 4.31. The zero-order chi connectivity index (χ0) is 19.9. The van der Waals surface area contributed by atoms with Crippen LogP contribution < -0.4 is 10.6 Å². The van der Waals surface area contributed by atoms with E-state index in [9.17, 15) is 18.0 Å². The quantitative estimate of drug-likeness (QED) is 0.834. The van der Waals surface area contributed by atoms with Gasteiger partial charge in [-0.15, -0.1) is 5.10 Å². The van der Waals surface area contributed by atoms with E-state index in [1.54, 1.807) is 13.1 Å². The number of rotatable bonds is 4. The van der Waals surface area contributed by atoms with Crippen molar-refractivity contribution in [1.29, 1.82) is 0 Å². The van der Waals surface area contributed by atoms with Crippen LogP contribution in [0.25, 0.3) is 0 Å². The van der Waals surface area contributed by atoms with E-state index in [-0.39, 0.29) is 6.04 Å². The molecule has 28 heavy (non-hydrogen) atoms. The number of urea groups is 1. The molecular weight excluding hydrogens is 371 g/mol. The topological polar surface area (TPSA) is 71.8 Å². The molecule has 9 heteroatoms. The third-order valence-corrected chi connectivity index (χ3v) is 5.98. The molecule has 4 rings (SSSR count). The Morgan fingerprint density at radius 2 is 2.07 bits per heavy atom. The van der Waals surface area contributed by atoms with Crippen LogP contribution >= 0.6 is 0 Å². The largest absolute Gasteiger partial charge is 0.416 e. The minimum atomic E-state index is -4.46. The summed E-state index contributed by atoms with van der Waals surface area (Å²) in [6.07, 6.45) is 2.63. The Hall–Kier alpha value is -2.58. The summed E-state index contributed by atoms with van der Waals surface area (Å²) in [5, 5.41) is 13.4. The number of nitrogens with one attached hydrogen (secondary N) is 2. The highest BCUT2D eigenvalue weighted by atomic mass is 19.4. The van der Waals surface area contributed by atoms with E-state index in [2.05, 4.69) is 20.9 Å². The first-order chi connectivity index (χ1) is 13.3. The fourth-order valence-corrected chi connectivity index (χ4v) is 4.31. The summed E-state index contributed by atoms with van der Waals surface area (Å²) >= 11 is 0. The summed E-state index contributed by atoms with van der Waals surface area (Å²) in [5.41, 5.74) is 0.473. The molecule has 2 N–H and O–H groups in total. The van der Waals surface area contributed by atoms with Crippen LogP contribution in [0.3, 0.4) is 0 Å². The minimum absolute atomic E-state index is 0.118. The average molecular weight is 393 g/mol. The van der Waals surface area contributed by atoms with Crippen molar-refractivity contribution in [3.63, 3.8) is 0 Å². The van der Waals surface area contributed by atoms with Gasteiger partial charge in [-0.05, 0) is 48.8 Å². The summed E-state index contributed by atoms with van der Waals surface area (Å²) in [6.45, 7) is 0. The Bertz CT molecular complexity index is 866. The van der Waals surface area contributed by atoms with Crippen molar-refractivity contribution in [3.05, 3.63) is 47.3 Å². The second-order valence-electron chi connectivity index (χ2n) is 7.92. The molecule has 2 aliphatic rings. The first kappa shape index (κ1) is 18.8. The Kier molecular flexibility index (Phi) is 4.55. The first-order valence-electron chi connectivity index (χ1n) is 9.35. The van der Waals surface area contributed by atoms with Gasteiger partial charge in [0.1, 0.15) is 0 Å². The Morgan fingerprint density at radius 3 is 2.64 bits per heavy atom. The molecule has 0 saturated heterocycles. The monoisotopic (exact) mass is 393 g/mol. The van der Waals surface area contributed by atoms with Gasteiger partial charge in [0.05, 0.1) is 23.5 Å². The molecule has 1 heterocycles. The van der Waals surface area contributed by atoms with Gasteiger partial charge in [-0.2, -0.15) is 13.2 Å². The molecule has 1 aromatic carbocycles. The van der Waals surface area contributed by atoms with Gasteiger partial charge < -0.3 is 10.6 Å². The number of amides is 2. The molecule has 2 saturated carbocycles. The van der Waals surface area contributed by atoms with Crippen molar-refractivity contribution in [1.82, 2.24) is 25.6 Å². The molecule has 1 unspecified atom stereocenters. The zero-order valence-electron chi connectivity index (χ0n) is 15.5. The molecule has 2 fully saturated rings. The maximum Gasteiger partial charge on any atom is 0.416 e. The van der Waals surface area contributed by atoms with Crippen molar-refractivity contribution < 1.29 is 18.0 Å². The van der Waals surface area contributed by atoms with Crippen LogP contribution in [0.2, 0.25) is 0 Å². The van der Waals surface area contributed by atoms with Gasteiger partial charge in [0.15, 0.2) is 0 Å². The molecule has 0 bridgehead atoms. The second-order valence-corrected chi connectivity index (χ2v) is 7.92. The summed E-state index contributed by atoms with van der Waals surface area (Å²) < 4.78 is 40.8. The molecule has 2 aromatic rings. The van der Waals surface area contributed by atoms with Crippen molar-refractivity contribution in [2.75, 3.05) is 0 Å². The maximum atomic E-state index is 13.1. The highest BCUT2D eigenvalue weighted by molar-refractivity contribution is 5.75. The molecule has 1 aromatic heterocycles. The van der Waals surface area contributed by atoms with E-state index in [1.165, 1.54) is 36.2 Å². The molecule has 0 radical (unpaired) electrons. The lowest BCUT2D eigenvalue weighted by molar-refractivity contribution is -0.137. The lowest BCUT2D eigenvalue weighted by atomic mass is 9.54. The average Bonchev–Trinajstić information content (AvgIpc) is 2.99. The van der Waals surface area contributed by atoms with Gasteiger partial charge in [0.2, 0.25) is 0 Å². The number of hydrogen-bond acceptors (Lipinski definition) is 3. The van der Waals surface area contributed by atoms with Gasteiger partial charge in [-0.3, -0.25) is 0 Å². The molecule has 0 aliphatic heterocycles. The van der Waals surface area contributed by atoms with Crippen molar-refractivity contribution in [2.45, 2.75) is 50.4 Å². The van der Waals surface area contributed by atoms with Crippen LogP contribution in [-0.2, 0) is 13.2 Å². The van der Waals surface area contributed by atoms with Crippen LogP contribution in [0.4, 0.5) is 18.0 Å². The third-order valence-electron chi connectivity index (χ3n) is 5.98. The molecule has 1 spiro atoms. The van der Waals surface area contributed by atoms with E-state index in [1.807, 2.05) is 0 Å². The number of aryl methyl sites for hydroxylation is 1. The second kappa shape index (κ2) is 6.79. The van der Waals surface area contributed by atoms with Crippen LogP contribution in [0.15, 0.2) is 30.5 Å². The summed E-state index contributed by atoms with van der Waals surface area (Å²) in [5.74, 6) is 0. The number of hydrogen-bond donors (Lipinski definition) is 2. The minimum Gasteiger partial charge on any atom is -0.335 e. The number of benzene rings is 1. The smallest absolute Gasteiger partial charge is 0.335 e. The van der Waals surface area contributed by atoms with Gasteiger partial charge in [0, 0.05) is 13.1 Å². The SMILES string of the molecule is Cn1nncc1C(NC(=O)NC1CC2(CCC2)C1)c1cccc(C(F)(F)F)c1.